The number of carboxylic acid groups (broad SMARTS) is 1. The van der Waals surface area contributed by atoms with Crippen LogP contribution in [0.25, 0.3) is 0 Å². The number of rotatable bonds is 7. The van der Waals surface area contributed by atoms with Gasteiger partial charge in [-0.25, -0.2) is 4.79 Å². The second kappa shape index (κ2) is 7.08. The van der Waals surface area contributed by atoms with E-state index >= 15 is 0 Å². The van der Waals surface area contributed by atoms with Crippen LogP contribution < -0.4 is 5.32 Å². The molecule has 23 heavy (non-hydrogen) atoms. The second-order valence-electron chi connectivity index (χ2n) is 5.48. The molecule has 0 aliphatic carbocycles. The van der Waals surface area contributed by atoms with Gasteiger partial charge in [0.15, 0.2) is 0 Å². The average Bonchev–Trinajstić information content (AvgIpc) is 3.09. The first kappa shape index (κ1) is 16.7. The maximum Gasteiger partial charge on any atom is 0.328 e. The molecular weight excluding hydrogens is 298 g/mol. The molecule has 1 amide bonds. The maximum absolute atomic E-state index is 12.0. The largest absolute Gasteiger partial charge is 0.480 e. The lowest BCUT2D eigenvalue weighted by molar-refractivity contribution is -0.140. The molecular formula is C15H21N5O3. The van der Waals surface area contributed by atoms with E-state index in [0.29, 0.717) is 12.1 Å². The maximum atomic E-state index is 12.0. The highest BCUT2D eigenvalue weighted by molar-refractivity contribution is 5.93. The zero-order valence-corrected chi connectivity index (χ0v) is 13.5. The summed E-state index contributed by atoms with van der Waals surface area (Å²) >= 11 is 0. The minimum Gasteiger partial charge on any atom is -0.480 e. The van der Waals surface area contributed by atoms with Crippen LogP contribution in [-0.4, -0.2) is 43.1 Å². The highest BCUT2D eigenvalue weighted by Gasteiger charge is 2.16. The summed E-state index contributed by atoms with van der Waals surface area (Å²) in [5.41, 5.74) is 2.42. The Morgan fingerprint density at radius 2 is 2.13 bits per heavy atom. The number of carbonyl (C=O) groups is 2. The van der Waals surface area contributed by atoms with Gasteiger partial charge in [0.25, 0.3) is 5.91 Å². The lowest BCUT2D eigenvalue weighted by Crippen LogP contribution is -2.25. The fourth-order valence-electron chi connectivity index (χ4n) is 2.21. The van der Waals surface area contributed by atoms with Gasteiger partial charge in [0.1, 0.15) is 6.04 Å². The molecule has 2 aromatic heterocycles. The normalized spacial score (nSPS) is 12.1. The molecule has 0 fully saturated rings. The molecule has 0 saturated heterocycles. The van der Waals surface area contributed by atoms with Crippen molar-refractivity contribution >= 4 is 11.9 Å². The molecule has 1 atom stereocenters. The minimum atomic E-state index is -0.995. The molecule has 2 rings (SSSR count). The lowest BCUT2D eigenvalue weighted by atomic mass is 10.3. The van der Waals surface area contributed by atoms with E-state index in [4.69, 9.17) is 5.11 Å². The van der Waals surface area contributed by atoms with E-state index in [-0.39, 0.29) is 5.91 Å². The Bertz CT molecular complexity index is 704. The summed E-state index contributed by atoms with van der Waals surface area (Å²) in [5, 5.41) is 20.0. The number of nitrogens with one attached hydrogen (secondary N) is 1. The van der Waals surface area contributed by atoms with Gasteiger partial charge in [-0.3, -0.25) is 14.2 Å². The van der Waals surface area contributed by atoms with Gasteiger partial charge in [-0.1, -0.05) is 0 Å². The van der Waals surface area contributed by atoms with Crippen LogP contribution in [0.1, 0.15) is 41.1 Å². The number of nitrogens with zero attached hydrogens (tertiary/aromatic N) is 4. The van der Waals surface area contributed by atoms with Crippen molar-refractivity contribution in [1.82, 2.24) is 24.9 Å². The SMILES string of the molecule is Cc1cc(C)n(CCCNC(=O)c2cnn(C(C)C(=O)O)c2)n1. The average molecular weight is 319 g/mol. The van der Waals surface area contributed by atoms with Crippen molar-refractivity contribution in [3.8, 4) is 0 Å². The lowest BCUT2D eigenvalue weighted by Gasteiger charge is -2.06. The summed E-state index contributed by atoms with van der Waals surface area (Å²) in [7, 11) is 0. The van der Waals surface area contributed by atoms with Crippen LogP contribution >= 0.6 is 0 Å². The predicted octanol–water partition coefficient (Wildman–Crippen LogP) is 1.16. The summed E-state index contributed by atoms with van der Waals surface area (Å²) in [4.78, 5) is 22.9. The molecule has 0 aliphatic rings. The number of amides is 1. The zero-order valence-electron chi connectivity index (χ0n) is 13.5. The van der Waals surface area contributed by atoms with Crippen LogP contribution in [0.4, 0.5) is 0 Å². The molecule has 0 bridgehead atoms. The van der Waals surface area contributed by atoms with Crippen LogP contribution in [0, 0.1) is 13.8 Å². The van der Waals surface area contributed by atoms with E-state index in [0.717, 1.165) is 24.4 Å². The molecule has 8 nitrogen and oxygen atoms in total. The van der Waals surface area contributed by atoms with E-state index in [2.05, 4.69) is 15.5 Å². The van der Waals surface area contributed by atoms with Gasteiger partial charge in [-0.15, -0.1) is 0 Å². The Balaban J connectivity index is 1.81. The van der Waals surface area contributed by atoms with Crippen LogP contribution in [0.3, 0.4) is 0 Å². The van der Waals surface area contributed by atoms with Crippen molar-refractivity contribution in [2.45, 2.75) is 39.8 Å². The monoisotopic (exact) mass is 319 g/mol. The number of aliphatic carboxylic acids is 1. The quantitative estimate of drug-likeness (QED) is 0.746. The predicted molar refractivity (Wildman–Crippen MR) is 83.2 cm³/mol. The Hall–Kier alpha value is -2.64. The Morgan fingerprint density at radius 1 is 1.39 bits per heavy atom. The highest BCUT2D eigenvalue weighted by Crippen LogP contribution is 2.07. The van der Waals surface area contributed by atoms with Crippen molar-refractivity contribution in [2.24, 2.45) is 0 Å². The van der Waals surface area contributed by atoms with Crippen molar-refractivity contribution in [1.29, 1.82) is 0 Å². The standard InChI is InChI=1S/C15H21N5O3/c1-10-7-11(2)19(18-10)6-4-5-16-14(21)13-8-17-20(9-13)12(3)15(22)23/h7-9,12H,4-6H2,1-3H3,(H,16,21)(H,22,23). The number of hydrogen-bond donors (Lipinski definition) is 2. The Kier molecular flexibility index (Phi) is 5.15. The first-order chi connectivity index (χ1) is 10.9. The number of carboxylic acids is 1. The van der Waals surface area contributed by atoms with E-state index in [9.17, 15) is 9.59 Å². The van der Waals surface area contributed by atoms with E-state index in [1.807, 2.05) is 24.6 Å². The van der Waals surface area contributed by atoms with Crippen molar-refractivity contribution in [3.63, 3.8) is 0 Å². The first-order valence-corrected chi connectivity index (χ1v) is 7.44. The Morgan fingerprint density at radius 3 is 2.74 bits per heavy atom. The third-order valence-electron chi connectivity index (χ3n) is 3.55. The van der Waals surface area contributed by atoms with Crippen molar-refractivity contribution in [2.75, 3.05) is 6.54 Å². The minimum absolute atomic E-state index is 0.262. The fraction of sp³-hybridized carbons (Fsp3) is 0.467. The van der Waals surface area contributed by atoms with Gasteiger partial charge in [0.05, 0.1) is 17.5 Å². The molecule has 0 aromatic carbocycles. The van der Waals surface area contributed by atoms with E-state index < -0.39 is 12.0 Å². The number of aromatic nitrogens is 4. The van der Waals surface area contributed by atoms with Gasteiger partial charge in [0.2, 0.25) is 0 Å². The fourth-order valence-corrected chi connectivity index (χ4v) is 2.21. The van der Waals surface area contributed by atoms with Gasteiger partial charge < -0.3 is 10.4 Å². The molecule has 0 radical (unpaired) electrons. The van der Waals surface area contributed by atoms with E-state index in [1.54, 1.807) is 0 Å². The second-order valence-corrected chi connectivity index (χ2v) is 5.48. The molecule has 124 valence electrons. The zero-order chi connectivity index (χ0) is 17.0. The van der Waals surface area contributed by atoms with Gasteiger partial charge in [0, 0.05) is 25.0 Å². The third-order valence-corrected chi connectivity index (χ3v) is 3.55. The molecule has 0 aliphatic heterocycles. The molecule has 2 aromatic rings. The van der Waals surface area contributed by atoms with E-state index in [1.165, 1.54) is 24.0 Å². The molecule has 0 saturated carbocycles. The van der Waals surface area contributed by atoms with Gasteiger partial charge in [-0.2, -0.15) is 10.2 Å². The number of carbonyl (C=O) groups excluding carboxylic acids is 1. The highest BCUT2D eigenvalue weighted by atomic mass is 16.4. The summed E-state index contributed by atoms with van der Waals surface area (Å²) in [6.07, 6.45) is 3.57. The van der Waals surface area contributed by atoms with Crippen molar-refractivity contribution in [3.05, 3.63) is 35.4 Å². The molecule has 8 heteroatoms. The summed E-state index contributed by atoms with van der Waals surface area (Å²) < 4.78 is 3.17. The van der Waals surface area contributed by atoms with Crippen molar-refractivity contribution < 1.29 is 14.7 Å². The van der Waals surface area contributed by atoms with Crippen LogP contribution in [0.5, 0.6) is 0 Å². The van der Waals surface area contributed by atoms with Gasteiger partial charge >= 0.3 is 5.97 Å². The summed E-state index contributed by atoms with van der Waals surface area (Å²) in [6.45, 7) is 6.69. The summed E-state index contributed by atoms with van der Waals surface area (Å²) in [5.74, 6) is -1.26. The van der Waals surface area contributed by atoms with Crippen LogP contribution in [0.15, 0.2) is 18.5 Å². The Labute approximate surface area is 134 Å². The molecule has 2 N–H and O–H groups in total. The molecule has 0 spiro atoms. The third kappa shape index (κ3) is 4.18. The molecule has 2 heterocycles. The smallest absolute Gasteiger partial charge is 0.328 e. The molecule has 1 unspecified atom stereocenters. The summed E-state index contributed by atoms with van der Waals surface area (Å²) in [6, 6.07) is 1.21. The first-order valence-electron chi connectivity index (χ1n) is 7.44. The van der Waals surface area contributed by atoms with Crippen LogP contribution in [0.2, 0.25) is 0 Å². The number of aryl methyl sites for hydroxylation is 3. The van der Waals surface area contributed by atoms with Crippen LogP contribution in [-0.2, 0) is 11.3 Å². The van der Waals surface area contributed by atoms with Gasteiger partial charge in [-0.05, 0) is 33.3 Å². The topological polar surface area (TPSA) is 102 Å². The number of hydrogen-bond acceptors (Lipinski definition) is 4.